The predicted octanol–water partition coefficient (Wildman–Crippen LogP) is 6.53. The third-order valence-electron chi connectivity index (χ3n) is 22.1. The molecule has 2 heterocycles. The molecule has 5 aliphatic rings. The molecule has 4 N–H and O–H groups in total. The zero-order valence-corrected chi connectivity index (χ0v) is 64.7. The maximum absolute atomic E-state index is 15.3. The Kier molecular flexibility index (Phi) is 33.0. The van der Waals surface area contributed by atoms with Crippen LogP contribution in [-0.2, 0) is 57.5 Å². The zero-order valence-electron chi connectivity index (χ0n) is 62.5. The molecule has 3 saturated carbocycles. The zero-order chi connectivity index (χ0) is 73.0. The maximum atomic E-state index is 15.3. The molecule has 5 fully saturated rings. The number of halogens is 1. The summed E-state index contributed by atoms with van der Waals surface area (Å²) in [5, 5.41) is 11.9. The fourth-order valence-corrected chi connectivity index (χ4v) is 16.0. The molecule has 2 saturated heterocycles. The van der Waals surface area contributed by atoms with E-state index in [1.54, 1.807) is 25.7 Å². The van der Waals surface area contributed by atoms with Crippen molar-refractivity contribution in [2.24, 2.45) is 41.4 Å². The van der Waals surface area contributed by atoms with Gasteiger partial charge in [-0.05, 0) is 126 Å². The molecule has 0 radical (unpaired) electrons. The molecule has 10 atom stereocenters. The van der Waals surface area contributed by atoms with E-state index in [1.165, 1.54) is 83.6 Å². The van der Waals surface area contributed by atoms with E-state index in [4.69, 9.17) is 0 Å². The molecule has 98 heavy (non-hydrogen) atoms. The lowest BCUT2D eigenvalue weighted by Gasteiger charge is -2.39. The lowest BCUT2D eigenvalue weighted by Crippen LogP contribution is -2.63. The number of carbonyl (C=O) groups excluding carboxylic acids is 12. The summed E-state index contributed by atoms with van der Waals surface area (Å²) in [5.74, 6) is -6.94. The summed E-state index contributed by atoms with van der Waals surface area (Å²) in [6.45, 7) is 15.9. The first-order valence-corrected chi connectivity index (χ1v) is 38.2. The minimum absolute atomic E-state index is 0.0497. The van der Waals surface area contributed by atoms with E-state index in [2.05, 4.69) is 50.8 Å². The van der Waals surface area contributed by atoms with Crippen LogP contribution in [0.5, 0.6) is 0 Å². The van der Waals surface area contributed by atoms with Crippen LogP contribution in [0.25, 0.3) is 0 Å². The van der Waals surface area contributed by atoms with Gasteiger partial charge in [0.05, 0.1) is 26.1 Å². The summed E-state index contributed by atoms with van der Waals surface area (Å²) in [6.07, 6.45) is 16.2. The largest absolute Gasteiger partial charge is 0.343 e. The number of carbonyl (C=O) groups is 12. The van der Waals surface area contributed by atoms with Gasteiger partial charge in [0.2, 0.25) is 70.9 Å². The number of rotatable bonds is 14. The second kappa shape index (κ2) is 39.0. The van der Waals surface area contributed by atoms with Gasteiger partial charge in [-0.15, -0.1) is 0 Å². The van der Waals surface area contributed by atoms with Crippen molar-refractivity contribution in [3.05, 3.63) is 0 Å². The Morgan fingerprint density at radius 1 is 0.520 bits per heavy atom. The molecular weight excluding hydrogens is 1360 g/mol. The van der Waals surface area contributed by atoms with Crippen LogP contribution < -0.4 is 21.3 Å². The van der Waals surface area contributed by atoms with E-state index >= 15 is 19.2 Å². The number of likely N-dealkylation sites (tertiary alicyclic amines) is 1. The van der Waals surface area contributed by atoms with Crippen molar-refractivity contribution >= 4 is 93.5 Å². The standard InChI is InChI=1S/C73H125IN12O12/c1-17-49(7)64-71(97)81(12)44-62(89)79(10)45-63(90)83(14)58(41-51-31-29-48(6)30-32-51)69(95)80(11)43-60(87)75-55(40-52-27-24-28-53(74)39-52)65(91)76-54(34-33-50-25-20-18-21-26-50)68(94)85(16)73(8,9)72(98)77-56(37-46(2)3)67(93)84(15)59(70(96)86-35-22-19-23-36-86)42-61(88)82(13)57(38-47(4)5)66(92)78-64/h46-59,64H,17-45H2,1-16H3,(H,75,87)(H,76,91)(H,77,98)(H,78,92)/t48?,49-,51?,52?,53?,54-,55-,56-,57-,58-,59-,64-/m0/s1. The molecule has 5 rings (SSSR count). The van der Waals surface area contributed by atoms with E-state index < -0.39 is 151 Å². The smallest absolute Gasteiger partial charge is 0.246 e. The molecule has 24 nitrogen and oxygen atoms in total. The summed E-state index contributed by atoms with van der Waals surface area (Å²) >= 11 is 2.43. The Balaban J connectivity index is 1.61. The molecule has 2 unspecified atom stereocenters. The molecule has 0 aromatic carbocycles. The van der Waals surface area contributed by atoms with Crippen molar-refractivity contribution < 1.29 is 57.5 Å². The molecule has 2 aliphatic heterocycles. The monoisotopic (exact) mass is 1490 g/mol. The fourth-order valence-electron chi connectivity index (χ4n) is 14.8. The number of likely N-dealkylation sites (N-methyl/N-ethyl adjacent to an activating group) is 7. The average Bonchev–Trinajstić information content (AvgIpc) is 0.814. The van der Waals surface area contributed by atoms with Gasteiger partial charge < -0.3 is 60.5 Å². The van der Waals surface area contributed by atoms with Crippen LogP contribution in [0.2, 0.25) is 0 Å². The average molecular weight is 1490 g/mol. The number of hydrogen-bond donors (Lipinski definition) is 4. The van der Waals surface area contributed by atoms with Gasteiger partial charge in [-0.1, -0.05) is 148 Å². The minimum atomic E-state index is -1.65. The summed E-state index contributed by atoms with van der Waals surface area (Å²) in [6, 6.07) is -8.25. The van der Waals surface area contributed by atoms with Crippen molar-refractivity contribution in [3.8, 4) is 0 Å². The molecule has 0 aromatic heterocycles. The Bertz CT molecular complexity index is 2730. The molecule has 0 bridgehead atoms. The molecular formula is C73H125IN12O12. The SMILES string of the molecule is CC[C@H](C)[C@@H]1NC(=O)[C@H](CC(C)C)N(C)C(=O)C[C@@H](C(=O)N2CCCCC2)N(C)C(=O)[C@H](CC(C)C)NC(=O)C(C)(C)N(C)C(=O)[C@H](CCC2CCCCC2)NC(=O)[C@H](CC2CCCC(I)C2)NC(=O)CN(C)C(=O)[C@H](CC2CCC(C)CC2)N(C)C(=O)CN(C)C(=O)CN(C)C1=O. The topological polar surface area (TPSA) is 279 Å². The fraction of sp³-hybridized carbons (Fsp3) is 0.836. The van der Waals surface area contributed by atoms with Crippen molar-refractivity contribution in [2.45, 2.75) is 268 Å². The van der Waals surface area contributed by atoms with E-state index in [1.807, 2.05) is 34.6 Å². The van der Waals surface area contributed by atoms with Crippen LogP contribution in [0.15, 0.2) is 0 Å². The van der Waals surface area contributed by atoms with Crippen molar-refractivity contribution in [3.63, 3.8) is 0 Å². The Morgan fingerprint density at radius 3 is 1.70 bits per heavy atom. The van der Waals surface area contributed by atoms with E-state index in [0.717, 1.165) is 89.9 Å². The van der Waals surface area contributed by atoms with Gasteiger partial charge in [0, 0.05) is 66.3 Å². The summed E-state index contributed by atoms with van der Waals surface area (Å²) in [7, 11) is 10.3. The van der Waals surface area contributed by atoms with Gasteiger partial charge in [-0.3, -0.25) is 57.5 Å². The van der Waals surface area contributed by atoms with E-state index in [0.29, 0.717) is 61.0 Å². The second-order valence-electron chi connectivity index (χ2n) is 31.3. The van der Waals surface area contributed by atoms with Gasteiger partial charge in [-0.2, -0.15) is 0 Å². The third kappa shape index (κ3) is 24.0. The van der Waals surface area contributed by atoms with Gasteiger partial charge in [-0.25, -0.2) is 0 Å². The second-order valence-corrected chi connectivity index (χ2v) is 33.1. The highest BCUT2D eigenvalue weighted by Gasteiger charge is 2.45. The van der Waals surface area contributed by atoms with E-state index in [-0.39, 0.29) is 49.4 Å². The first kappa shape index (κ1) is 83.0. The van der Waals surface area contributed by atoms with Crippen LogP contribution in [-0.4, -0.2) is 244 Å². The van der Waals surface area contributed by atoms with Crippen LogP contribution in [0, 0.1) is 41.4 Å². The van der Waals surface area contributed by atoms with Crippen molar-refractivity contribution in [1.29, 1.82) is 0 Å². The number of hydrogen-bond acceptors (Lipinski definition) is 12. The minimum Gasteiger partial charge on any atom is -0.343 e. The van der Waals surface area contributed by atoms with Gasteiger partial charge in [0.15, 0.2) is 0 Å². The molecule has 3 aliphatic carbocycles. The first-order valence-electron chi connectivity index (χ1n) is 37.0. The van der Waals surface area contributed by atoms with Crippen molar-refractivity contribution in [1.82, 2.24) is 60.5 Å². The number of amides is 12. The van der Waals surface area contributed by atoms with Gasteiger partial charge >= 0.3 is 0 Å². The molecule has 0 spiro atoms. The van der Waals surface area contributed by atoms with Crippen molar-refractivity contribution in [2.75, 3.05) is 82.1 Å². The van der Waals surface area contributed by atoms with Gasteiger partial charge in [0.1, 0.15) is 47.8 Å². The Hall–Kier alpha value is -5.63. The highest BCUT2D eigenvalue weighted by molar-refractivity contribution is 14.1. The molecule has 556 valence electrons. The molecule has 12 amide bonds. The number of nitrogens with zero attached hydrogens (tertiary/aromatic N) is 8. The summed E-state index contributed by atoms with van der Waals surface area (Å²) in [5.41, 5.74) is -1.65. The maximum Gasteiger partial charge on any atom is 0.246 e. The highest BCUT2D eigenvalue weighted by atomic mass is 127. The number of piperidine rings is 1. The predicted molar refractivity (Wildman–Crippen MR) is 387 cm³/mol. The lowest BCUT2D eigenvalue weighted by molar-refractivity contribution is -0.152. The van der Waals surface area contributed by atoms with E-state index in [9.17, 15) is 38.4 Å². The van der Waals surface area contributed by atoms with Crippen LogP contribution in [0.4, 0.5) is 0 Å². The van der Waals surface area contributed by atoms with Gasteiger partial charge in [0.25, 0.3) is 0 Å². The first-order chi connectivity index (χ1) is 46.1. The Labute approximate surface area is 599 Å². The molecule has 25 heteroatoms. The van der Waals surface area contributed by atoms with Crippen LogP contribution >= 0.6 is 22.6 Å². The van der Waals surface area contributed by atoms with Crippen LogP contribution in [0.3, 0.4) is 0 Å². The summed E-state index contributed by atoms with van der Waals surface area (Å²) in [4.78, 5) is 189. The number of alkyl halides is 1. The quantitative estimate of drug-likeness (QED) is 0.107. The third-order valence-corrected chi connectivity index (χ3v) is 23.2. The Morgan fingerprint density at radius 2 is 1.10 bits per heavy atom. The highest BCUT2D eigenvalue weighted by Crippen LogP contribution is 2.35. The van der Waals surface area contributed by atoms with Crippen LogP contribution in [0.1, 0.15) is 216 Å². The normalized spacial score (nSPS) is 29.6. The molecule has 0 aromatic rings. The lowest BCUT2D eigenvalue weighted by atomic mass is 9.79. The number of nitrogens with one attached hydrogen (secondary N) is 4. The summed E-state index contributed by atoms with van der Waals surface area (Å²) < 4.78 is 0.351.